The van der Waals surface area contributed by atoms with Gasteiger partial charge in [0.05, 0.1) is 11.1 Å². The van der Waals surface area contributed by atoms with Gasteiger partial charge < -0.3 is 10.2 Å². The highest BCUT2D eigenvalue weighted by molar-refractivity contribution is 5.90. The maximum Gasteiger partial charge on any atom is 0.336 e. The fourth-order valence-corrected chi connectivity index (χ4v) is 1.07. The second kappa shape index (κ2) is 3.15. The zero-order chi connectivity index (χ0) is 10.0. The summed E-state index contributed by atoms with van der Waals surface area (Å²) in [6.45, 7) is 1.49. The van der Waals surface area contributed by atoms with Crippen LogP contribution in [-0.4, -0.2) is 16.2 Å². The lowest BCUT2D eigenvalue weighted by Crippen LogP contribution is -2.01. The van der Waals surface area contributed by atoms with Gasteiger partial charge in [0.2, 0.25) is 0 Å². The summed E-state index contributed by atoms with van der Waals surface area (Å²) in [5.74, 6) is -1.29. The van der Waals surface area contributed by atoms with Gasteiger partial charge in [-0.3, -0.25) is 0 Å². The number of benzene rings is 1. The molecule has 0 aliphatic carbocycles. The number of nitriles is 1. The smallest absolute Gasteiger partial charge is 0.336 e. The summed E-state index contributed by atoms with van der Waals surface area (Å²) >= 11 is 0. The summed E-state index contributed by atoms with van der Waals surface area (Å²) in [4.78, 5) is 10.6. The molecule has 0 unspecified atom stereocenters. The third-order valence-electron chi connectivity index (χ3n) is 1.79. The molecule has 0 aromatic heterocycles. The van der Waals surface area contributed by atoms with Crippen LogP contribution in [0.15, 0.2) is 12.1 Å². The topological polar surface area (TPSA) is 81.3 Å². The van der Waals surface area contributed by atoms with Crippen LogP contribution in [0.2, 0.25) is 0 Å². The molecular formula is C9H7NO3. The van der Waals surface area contributed by atoms with Crippen LogP contribution in [0, 0.1) is 18.3 Å². The molecule has 4 nitrogen and oxygen atoms in total. The van der Waals surface area contributed by atoms with Crippen LogP contribution in [0.5, 0.6) is 5.75 Å². The molecule has 0 amide bonds. The molecule has 0 spiro atoms. The average Bonchev–Trinajstić information content (AvgIpc) is 2.04. The van der Waals surface area contributed by atoms with Gasteiger partial charge in [0.15, 0.2) is 0 Å². The minimum Gasteiger partial charge on any atom is -0.507 e. The molecule has 0 aliphatic rings. The molecule has 0 radical (unpaired) electrons. The number of aromatic carboxylic acids is 1. The molecule has 1 aromatic rings. The van der Waals surface area contributed by atoms with Crippen molar-refractivity contribution < 1.29 is 15.0 Å². The summed E-state index contributed by atoms with van der Waals surface area (Å²) < 4.78 is 0. The Bertz CT molecular complexity index is 404. The van der Waals surface area contributed by atoms with Crippen molar-refractivity contribution in [3.05, 3.63) is 28.8 Å². The maximum atomic E-state index is 10.6. The maximum absolute atomic E-state index is 10.6. The number of carboxylic acids is 1. The molecule has 0 aliphatic heterocycles. The van der Waals surface area contributed by atoms with E-state index >= 15 is 0 Å². The number of carboxylic acid groups (broad SMARTS) is 1. The second-order valence-electron chi connectivity index (χ2n) is 2.55. The Labute approximate surface area is 74.7 Å². The van der Waals surface area contributed by atoms with Crippen LogP contribution in [0.25, 0.3) is 0 Å². The molecule has 66 valence electrons. The molecule has 13 heavy (non-hydrogen) atoms. The Balaban J connectivity index is 3.47. The lowest BCUT2D eigenvalue weighted by molar-refractivity contribution is 0.0696. The van der Waals surface area contributed by atoms with E-state index < -0.39 is 5.97 Å². The molecule has 0 atom stereocenters. The molecule has 0 saturated heterocycles. The van der Waals surface area contributed by atoms with Crippen LogP contribution < -0.4 is 0 Å². The van der Waals surface area contributed by atoms with E-state index in [1.54, 1.807) is 6.07 Å². The molecule has 0 saturated carbocycles. The van der Waals surface area contributed by atoms with Gasteiger partial charge in [-0.1, -0.05) is 0 Å². The number of nitrogens with zero attached hydrogens (tertiary/aromatic N) is 1. The number of hydrogen-bond acceptors (Lipinski definition) is 3. The first-order valence-electron chi connectivity index (χ1n) is 3.54. The number of rotatable bonds is 1. The molecule has 0 fully saturated rings. The SMILES string of the molecule is Cc1c(C(=O)O)ccc(O)c1C#N. The Hall–Kier alpha value is -2.02. The zero-order valence-corrected chi connectivity index (χ0v) is 6.90. The highest BCUT2D eigenvalue weighted by Crippen LogP contribution is 2.22. The van der Waals surface area contributed by atoms with Gasteiger partial charge in [0.1, 0.15) is 11.8 Å². The van der Waals surface area contributed by atoms with E-state index in [1.165, 1.54) is 19.1 Å². The van der Waals surface area contributed by atoms with Crippen LogP contribution in [0.3, 0.4) is 0 Å². The first-order chi connectivity index (χ1) is 6.07. The van der Waals surface area contributed by atoms with Crippen molar-refractivity contribution in [3.63, 3.8) is 0 Å². The minimum atomic E-state index is -1.10. The van der Waals surface area contributed by atoms with Crippen molar-refractivity contribution in [2.75, 3.05) is 0 Å². The lowest BCUT2D eigenvalue weighted by Gasteiger charge is -2.03. The van der Waals surface area contributed by atoms with E-state index in [0.717, 1.165) is 0 Å². The molecule has 4 heteroatoms. The Morgan fingerprint density at radius 3 is 2.62 bits per heavy atom. The van der Waals surface area contributed by atoms with Crippen molar-refractivity contribution >= 4 is 5.97 Å². The highest BCUT2D eigenvalue weighted by atomic mass is 16.4. The van der Waals surface area contributed by atoms with Crippen molar-refractivity contribution in [3.8, 4) is 11.8 Å². The Morgan fingerprint density at radius 1 is 1.54 bits per heavy atom. The summed E-state index contributed by atoms with van der Waals surface area (Å²) in [6.07, 6.45) is 0. The van der Waals surface area contributed by atoms with Crippen molar-refractivity contribution in [2.45, 2.75) is 6.92 Å². The van der Waals surface area contributed by atoms with Gasteiger partial charge in [-0.15, -0.1) is 0 Å². The van der Waals surface area contributed by atoms with Gasteiger partial charge in [-0.2, -0.15) is 5.26 Å². The average molecular weight is 177 g/mol. The van der Waals surface area contributed by atoms with Gasteiger partial charge in [0.25, 0.3) is 0 Å². The van der Waals surface area contributed by atoms with Crippen LogP contribution >= 0.6 is 0 Å². The number of carbonyl (C=O) groups is 1. The first kappa shape index (κ1) is 9.07. The molecule has 0 heterocycles. The van der Waals surface area contributed by atoms with E-state index in [4.69, 9.17) is 10.4 Å². The first-order valence-corrected chi connectivity index (χ1v) is 3.54. The molecule has 0 bridgehead atoms. The fraction of sp³-hybridized carbons (Fsp3) is 0.111. The molecule has 1 aromatic carbocycles. The van der Waals surface area contributed by atoms with E-state index in [-0.39, 0.29) is 22.4 Å². The lowest BCUT2D eigenvalue weighted by atomic mass is 10.0. The van der Waals surface area contributed by atoms with Crippen LogP contribution in [-0.2, 0) is 0 Å². The highest BCUT2D eigenvalue weighted by Gasteiger charge is 2.13. The van der Waals surface area contributed by atoms with E-state index in [1.807, 2.05) is 0 Å². The van der Waals surface area contributed by atoms with Crippen molar-refractivity contribution in [1.29, 1.82) is 5.26 Å². The zero-order valence-electron chi connectivity index (χ0n) is 6.90. The van der Waals surface area contributed by atoms with Crippen LogP contribution in [0.4, 0.5) is 0 Å². The summed E-state index contributed by atoms with van der Waals surface area (Å²) in [7, 11) is 0. The molecular weight excluding hydrogens is 170 g/mol. The largest absolute Gasteiger partial charge is 0.507 e. The monoisotopic (exact) mass is 177 g/mol. The number of aromatic hydroxyl groups is 1. The summed E-state index contributed by atoms with van der Waals surface area (Å²) in [6, 6.07) is 4.22. The number of hydrogen-bond donors (Lipinski definition) is 2. The van der Waals surface area contributed by atoms with E-state index in [0.29, 0.717) is 0 Å². The van der Waals surface area contributed by atoms with Crippen molar-refractivity contribution in [1.82, 2.24) is 0 Å². The predicted octanol–water partition coefficient (Wildman–Crippen LogP) is 1.27. The number of phenolic OH excluding ortho intramolecular Hbond substituents is 1. The van der Waals surface area contributed by atoms with Gasteiger partial charge in [-0.05, 0) is 24.6 Å². The van der Waals surface area contributed by atoms with E-state index in [2.05, 4.69) is 0 Å². The Morgan fingerprint density at radius 2 is 2.15 bits per heavy atom. The van der Waals surface area contributed by atoms with E-state index in [9.17, 15) is 9.90 Å². The third-order valence-corrected chi connectivity index (χ3v) is 1.79. The van der Waals surface area contributed by atoms with Crippen molar-refractivity contribution in [2.24, 2.45) is 0 Å². The molecule has 2 N–H and O–H groups in total. The summed E-state index contributed by atoms with van der Waals surface area (Å²) in [5, 5.41) is 26.5. The predicted molar refractivity (Wildman–Crippen MR) is 44.5 cm³/mol. The Kier molecular flexibility index (Phi) is 2.20. The van der Waals surface area contributed by atoms with Gasteiger partial charge >= 0.3 is 5.97 Å². The third kappa shape index (κ3) is 1.44. The second-order valence-corrected chi connectivity index (χ2v) is 2.55. The fourth-order valence-electron chi connectivity index (χ4n) is 1.07. The minimum absolute atomic E-state index is 0.0138. The normalized spacial score (nSPS) is 9.23. The number of phenols is 1. The summed E-state index contributed by atoms with van der Waals surface area (Å²) in [5.41, 5.74) is 0.337. The molecule has 1 rings (SSSR count). The standard InChI is InChI=1S/C9H7NO3/c1-5-6(9(12)13)2-3-8(11)7(5)4-10/h2-3,11H,1H3,(H,12,13). The van der Waals surface area contributed by atoms with Crippen LogP contribution in [0.1, 0.15) is 21.5 Å². The van der Waals surface area contributed by atoms with Gasteiger partial charge in [-0.25, -0.2) is 4.79 Å². The van der Waals surface area contributed by atoms with Gasteiger partial charge in [0, 0.05) is 0 Å². The quantitative estimate of drug-likeness (QED) is 0.676.